The Morgan fingerprint density at radius 1 is 1.56 bits per heavy atom. The lowest BCUT2D eigenvalue weighted by molar-refractivity contribution is 0.296. The molecule has 9 heavy (non-hydrogen) atoms. The van der Waals surface area contributed by atoms with Gasteiger partial charge in [-0.15, -0.1) is 0 Å². The third-order valence-corrected chi connectivity index (χ3v) is 0.203. The van der Waals surface area contributed by atoms with Gasteiger partial charge in [0.1, 0.15) is 0 Å². The molecule has 0 aliphatic rings. The Labute approximate surface area is 53.8 Å². The summed E-state index contributed by atoms with van der Waals surface area (Å²) >= 11 is 0. The molecule has 0 aromatic rings. The molecule has 0 saturated heterocycles. The molecular formula is C4H10N2O3. The van der Waals surface area contributed by atoms with Gasteiger partial charge in [-0.3, -0.25) is 4.79 Å². The summed E-state index contributed by atoms with van der Waals surface area (Å²) in [5, 5.41) is 0. The van der Waals surface area contributed by atoms with Crippen LogP contribution in [0.3, 0.4) is 0 Å². The number of nitrogens with two attached hydrogens (primary N) is 1. The second kappa shape index (κ2) is 28.6. The van der Waals surface area contributed by atoms with Crippen molar-refractivity contribution in [3.63, 3.8) is 0 Å². The minimum Gasteiger partial charge on any atom is -0.458 e. The van der Waals surface area contributed by atoms with Crippen LogP contribution in [0, 0.1) is 0 Å². The first-order chi connectivity index (χ1) is 3.83. The average molecular weight is 134 g/mol. The van der Waals surface area contributed by atoms with Crippen molar-refractivity contribution < 1.29 is 14.3 Å². The van der Waals surface area contributed by atoms with Crippen LogP contribution in [0.15, 0.2) is 0 Å². The summed E-state index contributed by atoms with van der Waals surface area (Å²) in [5.41, 5.74) is 4.04. The maximum atomic E-state index is 9.06. The van der Waals surface area contributed by atoms with E-state index in [2.05, 4.69) is 10.5 Å². The lowest BCUT2D eigenvalue weighted by Crippen LogP contribution is -1.82. The van der Waals surface area contributed by atoms with E-state index in [1.165, 1.54) is 6.47 Å². The van der Waals surface area contributed by atoms with Crippen molar-refractivity contribution in [2.24, 2.45) is 5.73 Å². The molecule has 54 valence electrons. The fourth-order valence-electron chi connectivity index (χ4n) is 0.0589. The third-order valence-electron chi connectivity index (χ3n) is 0.203. The first-order valence-electron chi connectivity index (χ1n) is 1.90. The fourth-order valence-corrected chi connectivity index (χ4v) is 0.0589. The fraction of sp³-hybridized carbons (Fsp3) is 0.500. The summed E-state index contributed by atoms with van der Waals surface area (Å²) in [6.45, 7) is 3.41. The van der Waals surface area contributed by atoms with Crippen LogP contribution in [0.4, 0.5) is 0 Å². The van der Waals surface area contributed by atoms with Crippen molar-refractivity contribution in [3.8, 4) is 0 Å². The molecule has 0 unspecified atom stereocenters. The maximum Gasteiger partial charge on any atom is 0.417 e. The van der Waals surface area contributed by atoms with Gasteiger partial charge in [-0.05, 0) is 6.92 Å². The quantitative estimate of drug-likeness (QED) is 0.485. The van der Waals surface area contributed by atoms with Crippen LogP contribution >= 0.6 is 0 Å². The Kier molecular flexibility index (Phi) is 49.7. The Bertz CT molecular complexity index is 57.8. The first-order valence-corrected chi connectivity index (χ1v) is 1.90. The van der Waals surface area contributed by atoms with Crippen molar-refractivity contribution in [3.05, 3.63) is 0 Å². The third kappa shape index (κ3) is 205. The van der Waals surface area contributed by atoms with E-state index in [0.29, 0.717) is 6.61 Å². The average Bonchev–Trinajstić information content (AvgIpc) is 1.71. The predicted octanol–water partition coefficient (Wildman–Crippen LogP) is -0.736. The van der Waals surface area contributed by atoms with Crippen LogP contribution < -0.4 is 11.9 Å². The van der Waals surface area contributed by atoms with E-state index in [4.69, 9.17) is 9.59 Å². The van der Waals surface area contributed by atoms with Crippen LogP contribution in [0.5, 0.6) is 0 Å². The van der Waals surface area contributed by atoms with Crippen LogP contribution in [0.2, 0.25) is 0 Å². The molecule has 0 spiro atoms. The molecule has 0 rings (SSSR count). The van der Waals surface area contributed by atoms with E-state index >= 15 is 0 Å². The van der Waals surface area contributed by atoms with Gasteiger partial charge in [-0.2, -0.15) is 0 Å². The number of rotatable bonds is 2. The van der Waals surface area contributed by atoms with Gasteiger partial charge in [-0.25, -0.2) is 4.79 Å². The van der Waals surface area contributed by atoms with Gasteiger partial charge in [-0.1, -0.05) is 0 Å². The van der Waals surface area contributed by atoms with Crippen LogP contribution in [0.1, 0.15) is 6.92 Å². The highest BCUT2D eigenvalue weighted by Crippen LogP contribution is 1.55. The van der Waals surface area contributed by atoms with Gasteiger partial charge in [0.15, 0.2) is 0 Å². The highest BCUT2D eigenvalue weighted by Gasteiger charge is 1.64. The van der Waals surface area contributed by atoms with Gasteiger partial charge in [0.2, 0.25) is 0 Å². The molecule has 2 radical (unpaired) electrons. The monoisotopic (exact) mass is 134 g/mol. The van der Waals surface area contributed by atoms with Crippen molar-refractivity contribution >= 4 is 12.9 Å². The van der Waals surface area contributed by atoms with Gasteiger partial charge < -0.3 is 16.6 Å². The molecule has 0 fully saturated rings. The number of carbonyl (C=O) groups excluding carboxylic acids is 2. The maximum absolute atomic E-state index is 9.06. The zero-order chi connectivity index (χ0) is 6.83. The lowest BCUT2D eigenvalue weighted by Gasteiger charge is -1.77. The topological polar surface area (TPSA) is 104 Å². The summed E-state index contributed by atoms with van der Waals surface area (Å²) in [6.07, 6.45) is 1.00. The molecule has 0 bridgehead atoms. The van der Waals surface area contributed by atoms with Gasteiger partial charge in [0.25, 0.3) is 0 Å². The Hall–Kier alpha value is -1.10. The van der Waals surface area contributed by atoms with E-state index < -0.39 is 0 Å². The smallest absolute Gasteiger partial charge is 0.417 e. The Balaban J connectivity index is -0.0000000800. The van der Waals surface area contributed by atoms with Crippen molar-refractivity contribution in [2.45, 2.75) is 6.92 Å². The molecule has 5 heteroatoms. The van der Waals surface area contributed by atoms with Gasteiger partial charge in [0, 0.05) is 0 Å². The number of hydrogen-bond donors (Lipinski definition) is 2. The summed E-state index contributed by atoms with van der Waals surface area (Å²) in [4.78, 5) is 17.5. The molecule has 5 N–H and O–H groups in total. The van der Waals surface area contributed by atoms with Crippen LogP contribution in [-0.2, 0) is 14.3 Å². The van der Waals surface area contributed by atoms with Crippen molar-refractivity contribution in [1.82, 2.24) is 6.15 Å². The molecule has 0 saturated carbocycles. The number of amides is 1. The first kappa shape index (κ1) is 15.7. The minimum atomic E-state index is 0. The second-order valence-electron chi connectivity index (χ2n) is 0.634. The van der Waals surface area contributed by atoms with E-state index in [-0.39, 0.29) is 6.15 Å². The van der Waals surface area contributed by atoms with Gasteiger partial charge >= 0.3 is 12.9 Å². The Morgan fingerprint density at radius 3 is 1.89 bits per heavy atom. The van der Waals surface area contributed by atoms with E-state index in [9.17, 15) is 0 Å². The van der Waals surface area contributed by atoms with Crippen molar-refractivity contribution in [2.75, 3.05) is 6.61 Å². The van der Waals surface area contributed by atoms with Crippen LogP contribution in [-0.4, -0.2) is 19.5 Å². The molecule has 0 aromatic heterocycles. The largest absolute Gasteiger partial charge is 0.458 e. The highest BCUT2D eigenvalue weighted by atomic mass is 16.5. The van der Waals surface area contributed by atoms with Crippen molar-refractivity contribution in [1.29, 1.82) is 0 Å². The van der Waals surface area contributed by atoms with Crippen LogP contribution in [0.25, 0.3) is 0 Å². The molecular weight excluding hydrogens is 124 g/mol. The SMILES string of the molecule is CCO[C]=O.N.N[C]=O. The highest BCUT2D eigenvalue weighted by molar-refractivity contribution is 5.43. The summed E-state index contributed by atoms with van der Waals surface area (Å²) in [7, 11) is 0. The van der Waals surface area contributed by atoms with Gasteiger partial charge in [0.05, 0.1) is 6.61 Å². The molecule has 0 atom stereocenters. The standard InChI is InChI=1S/C3H5O2.CH2NO.H3N/c1-2-5-3-4;2-1-3;/h2H2,1H3;(H2,2,3);1H3. The lowest BCUT2D eigenvalue weighted by atomic mass is 10.9. The molecule has 0 aliphatic carbocycles. The summed E-state index contributed by atoms with van der Waals surface area (Å²) in [6, 6.07) is 0. The molecule has 1 amide bonds. The summed E-state index contributed by atoms with van der Waals surface area (Å²) < 4.78 is 4.03. The number of primary amides is 1. The zero-order valence-electron chi connectivity index (χ0n) is 5.22. The van der Waals surface area contributed by atoms with E-state index in [1.54, 1.807) is 6.92 Å². The Morgan fingerprint density at radius 2 is 1.89 bits per heavy atom. The minimum absolute atomic E-state index is 0. The summed E-state index contributed by atoms with van der Waals surface area (Å²) in [5.74, 6) is 0. The predicted molar refractivity (Wildman–Crippen MR) is 32.2 cm³/mol. The normalized spacial score (nSPS) is 5.00. The molecule has 0 aliphatic heterocycles. The molecule has 5 nitrogen and oxygen atoms in total. The second-order valence-corrected chi connectivity index (χ2v) is 0.634. The van der Waals surface area contributed by atoms with E-state index in [0.717, 1.165) is 6.41 Å². The van der Waals surface area contributed by atoms with E-state index in [1.807, 2.05) is 0 Å². The number of ether oxygens (including phenoxy) is 1. The zero-order valence-corrected chi connectivity index (χ0v) is 5.22. The number of hydrogen-bond acceptors (Lipinski definition) is 4. The molecule has 0 aromatic carbocycles. The molecule has 0 heterocycles.